The monoisotopic (exact) mass is 348 g/mol. The van der Waals surface area contributed by atoms with Crippen LogP contribution in [-0.2, 0) is 10.0 Å². The Balaban J connectivity index is 1.44. The highest BCUT2D eigenvalue weighted by atomic mass is 32.2. The Hall–Kier alpha value is -1.56. The van der Waals surface area contributed by atoms with Gasteiger partial charge in [0.1, 0.15) is 0 Å². The summed E-state index contributed by atoms with van der Waals surface area (Å²) in [5, 5.41) is 3.17. The molecule has 2 saturated carbocycles. The SMILES string of the molecule is O=C(N[C@H]1C[C@@H]2CC[C@@H]1C2)c1ccc(N2CCCCS2(=O)=O)cc1. The molecular weight excluding hydrogens is 324 g/mol. The fraction of sp³-hybridized carbons (Fsp3) is 0.611. The van der Waals surface area contributed by atoms with Crippen molar-refractivity contribution in [2.75, 3.05) is 16.6 Å². The van der Waals surface area contributed by atoms with Crippen LogP contribution in [-0.4, -0.2) is 32.7 Å². The first-order valence-corrected chi connectivity index (χ1v) is 10.6. The molecule has 5 nitrogen and oxygen atoms in total. The first kappa shape index (κ1) is 15.9. The quantitative estimate of drug-likeness (QED) is 0.913. The lowest BCUT2D eigenvalue weighted by molar-refractivity contribution is 0.0923. The number of sulfonamides is 1. The standard InChI is InChI=1S/C18H24N2O3S/c21-18(19-17-12-13-3-4-15(17)11-13)14-5-7-16(8-6-14)20-9-1-2-10-24(20,22)23/h5-8,13,15,17H,1-4,9-12H2,(H,19,21)/t13-,15-,17+/m1/s1. The van der Waals surface area contributed by atoms with Gasteiger partial charge in [-0.25, -0.2) is 8.42 Å². The van der Waals surface area contributed by atoms with Crippen LogP contribution in [0.15, 0.2) is 24.3 Å². The van der Waals surface area contributed by atoms with Gasteiger partial charge in [-0.05, 0) is 68.2 Å². The molecule has 1 aromatic carbocycles. The molecule has 1 N–H and O–H groups in total. The molecule has 0 spiro atoms. The molecule has 1 aromatic rings. The predicted octanol–water partition coefficient (Wildman–Crippen LogP) is 2.54. The van der Waals surface area contributed by atoms with E-state index in [1.54, 1.807) is 24.3 Å². The minimum absolute atomic E-state index is 0.0411. The minimum atomic E-state index is -3.20. The lowest BCUT2D eigenvalue weighted by Gasteiger charge is -2.28. The first-order chi connectivity index (χ1) is 11.5. The van der Waals surface area contributed by atoms with Gasteiger partial charge in [-0.2, -0.15) is 0 Å². The van der Waals surface area contributed by atoms with E-state index in [0.29, 0.717) is 29.8 Å². The molecule has 1 heterocycles. The van der Waals surface area contributed by atoms with Crippen LogP contribution in [0.4, 0.5) is 5.69 Å². The molecule has 1 saturated heterocycles. The number of nitrogens with one attached hydrogen (secondary N) is 1. The van der Waals surface area contributed by atoms with Gasteiger partial charge in [0.25, 0.3) is 5.91 Å². The van der Waals surface area contributed by atoms with Crippen LogP contribution in [0.2, 0.25) is 0 Å². The number of hydrogen-bond donors (Lipinski definition) is 1. The number of anilines is 1. The number of benzene rings is 1. The van der Waals surface area contributed by atoms with Crippen LogP contribution in [0.3, 0.4) is 0 Å². The van der Waals surface area contributed by atoms with Crippen molar-refractivity contribution in [3.8, 4) is 0 Å². The van der Waals surface area contributed by atoms with Gasteiger partial charge in [0.15, 0.2) is 0 Å². The molecule has 3 atom stereocenters. The van der Waals surface area contributed by atoms with Gasteiger partial charge in [-0.1, -0.05) is 6.42 Å². The number of nitrogens with zero attached hydrogens (tertiary/aromatic N) is 1. The number of fused-ring (bicyclic) bond motifs is 2. The van der Waals surface area contributed by atoms with Crippen molar-refractivity contribution in [2.24, 2.45) is 11.8 Å². The Kier molecular flexibility index (Phi) is 4.03. The Morgan fingerprint density at radius 1 is 1.08 bits per heavy atom. The van der Waals surface area contributed by atoms with Gasteiger partial charge in [0.05, 0.1) is 11.4 Å². The summed E-state index contributed by atoms with van der Waals surface area (Å²) >= 11 is 0. The minimum Gasteiger partial charge on any atom is -0.349 e. The maximum atomic E-state index is 12.4. The summed E-state index contributed by atoms with van der Waals surface area (Å²) < 4.78 is 25.8. The highest BCUT2D eigenvalue weighted by molar-refractivity contribution is 7.92. The number of rotatable bonds is 3. The van der Waals surface area contributed by atoms with Crippen LogP contribution in [0, 0.1) is 11.8 Å². The molecule has 1 aliphatic heterocycles. The number of carbonyl (C=O) groups excluding carboxylic acids is 1. The van der Waals surface area contributed by atoms with E-state index in [2.05, 4.69) is 5.32 Å². The second-order valence-corrected chi connectivity index (χ2v) is 9.41. The molecule has 0 unspecified atom stereocenters. The molecule has 0 radical (unpaired) electrons. The van der Waals surface area contributed by atoms with E-state index < -0.39 is 10.0 Å². The zero-order valence-corrected chi connectivity index (χ0v) is 14.6. The average Bonchev–Trinajstić information content (AvgIpc) is 3.17. The average molecular weight is 348 g/mol. The number of hydrogen-bond acceptors (Lipinski definition) is 3. The smallest absolute Gasteiger partial charge is 0.251 e. The zero-order valence-electron chi connectivity index (χ0n) is 13.8. The Bertz CT molecular complexity index is 729. The first-order valence-electron chi connectivity index (χ1n) is 8.94. The highest BCUT2D eigenvalue weighted by Crippen LogP contribution is 2.44. The van der Waals surface area contributed by atoms with Gasteiger partial charge in [0.2, 0.25) is 10.0 Å². The summed E-state index contributed by atoms with van der Waals surface area (Å²) in [4.78, 5) is 12.4. The van der Waals surface area contributed by atoms with Crippen LogP contribution >= 0.6 is 0 Å². The molecule has 6 heteroatoms. The fourth-order valence-corrected chi connectivity index (χ4v) is 6.17. The maximum Gasteiger partial charge on any atom is 0.251 e. The second-order valence-electron chi connectivity index (χ2n) is 7.40. The summed E-state index contributed by atoms with van der Waals surface area (Å²) in [5.41, 5.74) is 1.27. The van der Waals surface area contributed by atoms with Crippen LogP contribution in [0.5, 0.6) is 0 Å². The highest BCUT2D eigenvalue weighted by Gasteiger charge is 2.40. The summed E-state index contributed by atoms with van der Waals surface area (Å²) in [6.45, 7) is 0.527. The van der Waals surface area contributed by atoms with Crippen LogP contribution in [0.1, 0.15) is 48.9 Å². The van der Waals surface area contributed by atoms with Crippen molar-refractivity contribution in [1.82, 2.24) is 5.32 Å². The third-order valence-electron chi connectivity index (χ3n) is 5.82. The third kappa shape index (κ3) is 2.92. The molecule has 24 heavy (non-hydrogen) atoms. The molecule has 0 aromatic heterocycles. The van der Waals surface area contributed by atoms with Gasteiger partial charge in [-0.3, -0.25) is 9.10 Å². The van der Waals surface area contributed by atoms with E-state index in [4.69, 9.17) is 0 Å². The van der Waals surface area contributed by atoms with E-state index in [-0.39, 0.29) is 11.7 Å². The van der Waals surface area contributed by atoms with E-state index in [9.17, 15) is 13.2 Å². The molecule has 1 amide bonds. The zero-order chi connectivity index (χ0) is 16.7. The third-order valence-corrected chi connectivity index (χ3v) is 7.69. The Labute approximate surface area is 143 Å². The van der Waals surface area contributed by atoms with Gasteiger partial charge >= 0.3 is 0 Å². The van der Waals surface area contributed by atoms with Gasteiger partial charge < -0.3 is 5.32 Å². The van der Waals surface area contributed by atoms with E-state index >= 15 is 0 Å². The topological polar surface area (TPSA) is 66.5 Å². The van der Waals surface area contributed by atoms with Gasteiger partial charge in [0, 0.05) is 18.2 Å². The normalized spacial score (nSPS) is 31.2. The van der Waals surface area contributed by atoms with E-state index in [1.807, 2.05) is 0 Å². The largest absolute Gasteiger partial charge is 0.349 e. The molecule has 2 aliphatic carbocycles. The lowest BCUT2D eigenvalue weighted by Crippen LogP contribution is -2.39. The summed E-state index contributed by atoms with van der Waals surface area (Å²) in [6, 6.07) is 7.29. The predicted molar refractivity (Wildman–Crippen MR) is 93.5 cm³/mol. The maximum absolute atomic E-state index is 12.4. The lowest BCUT2D eigenvalue weighted by atomic mass is 9.95. The van der Waals surface area contributed by atoms with Crippen LogP contribution in [0.25, 0.3) is 0 Å². The van der Waals surface area contributed by atoms with E-state index in [0.717, 1.165) is 25.2 Å². The summed E-state index contributed by atoms with van der Waals surface area (Å²) in [6.07, 6.45) is 6.53. The Morgan fingerprint density at radius 2 is 1.88 bits per heavy atom. The van der Waals surface area contributed by atoms with Crippen molar-refractivity contribution in [1.29, 1.82) is 0 Å². The molecule has 2 bridgehead atoms. The molecule has 3 aliphatic rings. The van der Waals surface area contributed by atoms with Crippen LogP contribution < -0.4 is 9.62 Å². The molecule has 3 fully saturated rings. The summed E-state index contributed by atoms with van der Waals surface area (Å²) in [7, 11) is -3.20. The number of carbonyl (C=O) groups is 1. The fourth-order valence-electron chi connectivity index (χ4n) is 4.53. The number of amides is 1. The van der Waals surface area contributed by atoms with Crippen molar-refractivity contribution < 1.29 is 13.2 Å². The molecule has 4 rings (SSSR count). The van der Waals surface area contributed by atoms with Crippen molar-refractivity contribution in [3.05, 3.63) is 29.8 Å². The van der Waals surface area contributed by atoms with Crippen molar-refractivity contribution in [3.63, 3.8) is 0 Å². The van der Waals surface area contributed by atoms with E-state index in [1.165, 1.54) is 23.6 Å². The summed E-state index contributed by atoms with van der Waals surface area (Å²) in [5.74, 6) is 1.61. The van der Waals surface area contributed by atoms with Crippen molar-refractivity contribution in [2.45, 2.75) is 44.6 Å². The molecular formula is C18H24N2O3S. The molecule has 130 valence electrons. The Morgan fingerprint density at radius 3 is 2.50 bits per heavy atom. The van der Waals surface area contributed by atoms with Gasteiger partial charge in [-0.15, -0.1) is 0 Å². The van der Waals surface area contributed by atoms with Crippen molar-refractivity contribution >= 4 is 21.6 Å². The second kappa shape index (κ2) is 6.06.